The van der Waals surface area contributed by atoms with E-state index >= 15 is 4.39 Å². The summed E-state index contributed by atoms with van der Waals surface area (Å²) in [7, 11) is -3.67. The van der Waals surface area contributed by atoms with Crippen LogP contribution in [0.3, 0.4) is 0 Å². The molecule has 194 valence electrons. The number of nitrogens with zero attached hydrogens (tertiary/aromatic N) is 3. The van der Waals surface area contributed by atoms with Gasteiger partial charge in [0.1, 0.15) is 0 Å². The smallest absolute Gasteiger partial charge is 0.232 e. The van der Waals surface area contributed by atoms with E-state index in [9.17, 15) is 13.5 Å². The molecule has 36 heavy (non-hydrogen) atoms. The van der Waals surface area contributed by atoms with E-state index in [0.717, 1.165) is 17.8 Å². The Kier molecular flexibility index (Phi) is 8.50. The van der Waals surface area contributed by atoms with Crippen LogP contribution in [0.15, 0.2) is 30.5 Å². The number of aliphatic hydroxyl groups excluding tert-OH is 1. The van der Waals surface area contributed by atoms with Crippen LogP contribution in [0.25, 0.3) is 21.8 Å². The average Bonchev–Trinajstić information content (AvgIpc) is 3.31. The third-order valence-electron chi connectivity index (χ3n) is 5.74. The molecule has 0 amide bonds. The van der Waals surface area contributed by atoms with Crippen LogP contribution in [0.4, 0.5) is 16.0 Å². The molecule has 0 spiro atoms. The first-order valence-corrected chi connectivity index (χ1v) is 14.4. The van der Waals surface area contributed by atoms with Crippen molar-refractivity contribution in [2.24, 2.45) is 0 Å². The highest BCUT2D eigenvalue weighted by Gasteiger charge is 2.26. The van der Waals surface area contributed by atoms with Crippen LogP contribution in [0.5, 0.6) is 0 Å². The largest absolute Gasteiger partial charge is 0.394 e. The molecule has 0 bridgehead atoms. The Morgan fingerprint density at radius 1 is 1.25 bits per heavy atom. The molecule has 1 aliphatic rings. The van der Waals surface area contributed by atoms with E-state index < -0.39 is 15.8 Å². The fraction of sp³-hybridized carbons (Fsp3) is 0.458. The van der Waals surface area contributed by atoms with Crippen molar-refractivity contribution in [2.75, 3.05) is 35.6 Å². The van der Waals surface area contributed by atoms with Crippen molar-refractivity contribution < 1.29 is 22.7 Å². The Bertz CT molecular complexity index is 1300. The molecule has 3 N–H and O–H groups in total. The van der Waals surface area contributed by atoms with Crippen molar-refractivity contribution >= 4 is 33.0 Å². The number of ether oxygens (including phenoxy) is 1. The number of halogens is 1. The van der Waals surface area contributed by atoms with E-state index in [-0.39, 0.29) is 35.6 Å². The van der Waals surface area contributed by atoms with Crippen molar-refractivity contribution in [1.29, 1.82) is 0 Å². The second kappa shape index (κ2) is 11.6. The van der Waals surface area contributed by atoms with Gasteiger partial charge >= 0.3 is 0 Å². The number of sulfonamides is 1. The molecule has 1 aromatic carbocycles. The van der Waals surface area contributed by atoms with Gasteiger partial charge in [-0.2, -0.15) is 0 Å². The summed E-state index contributed by atoms with van der Waals surface area (Å²) >= 11 is 1.44. The maximum absolute atomic E-state index is 15.7. The Morgan fingerprint density at radius 3 is 2.75 bits per heavy atom. The minimum absolute atomic E-state index is 0.0841. The van der Waals surface area contributed by atoms with E-state index in [2.05, 4.69) is 20.0 Å². The van der Waals surface area contributed by atoms with Crippen LogP contribution in [0.1, 0.15) is 44.0 Å². The lowest BCUT2D eigenvalue weighted by Gasteiger charge is -2.19. The number of rotatable bonds is 10. The Hall–Kier alpha value is -2.67. The lowest BCUT2D eigenvalue weighted by molar-refractivity contribution is 0.0853. The fourth-order valence-electron chi connectivity index (χ4n) is 3.91. The molecule has 0 radical (unpaired) electrons. The first kappa shape index (κ1) is 26.4. The number of aromatic nitrogens is 3. The van der Waals surface area contributed by atoms with Crippen molar-refractivity contribution in [3.63, 3.8) is 0 Å². The van der Waals surface area contributed by atoms with Gasteiger partial charge in [0, 0.05) is 36.9 Å². The number of hydrogen-bond donors (Lipinski definition) is 3. The molecular formula is C24H30FN5O4S2. The molecule has 3 heterocycles. The first-order valence-electron chi connectivity index (χ1n) is 11.9. The van der Waals surface area contributed by atoms with E-state index in [0.29, 0.717) is 41.8 Å². The maximum Gasteiger partial charge on any atom is 0.232 e. The number of benzene rings is 1. The lowest BCUT2D eigenvalue weighted by atomic mass is 10.0. The van der Waals surface area contributed by atoms with Crippen molar-refractivity contribution in [2.45, 2.75) is 45.1 Å². The third kappa shape index (κ3) is 6.17. The summed E-state index contributed by atoms with van der Waals surface area (Å²) in [4.78, 5) is 14.3. The highest BCUT2D eigenvalue weighted by atomic mass is 32.2. The highest BCUT2D eigenvalue weighted by Crippen LogP contribution is 2.42. The zero-order chi connectivity index (χ0) is 25.7. The molecule has 1 atom stereocenters. The standard InChI is InChI=1S/C24H30FN5O4S2/c1-3-13-36(32,33)30-18-6-4-5-17(20(18)25)21-22(35-23(29-21)16-8-11-34-12-9-16)19-7-10-26-24(28-19)27-15(2)14-31/h4-7,10,15-16,30-31H,3,8-9,11-14H2,1-2H3,(H,26,27,28). The number of anilines is 2. The van der Waals surface area contributed by atoms with Gasteiger partial charge in [0.2, 0.25) is 16.0 Å². The van der Waals surface area contributed by atoms with Gasteiger partial charge in [-0.1, -0.05) is 13.0 Å². The Morgan fingerprint density at radius 2 is 2.03 bits per heavy atom. The summed E-state index contributed by atoms with van der Waals surface area (Å²) in [6.45, 7) is 4.74. The topological polar surface area (TPSA) is 126 Å². The molecule has 1 saturated heterocycles. The second-order valence-electron chi connectivity index (χ2n) is 8.70. The van der Waals surface area contributed by atoms with Crippen LogP contribution in [0, 0.1) is 5.82 Å². The second-order valence-corrected chi connectivity index (χ2v) is 11.6. The van der Waals surface area contributed by atoms with Crippen LogP contribution in [-0.2, 0) is 14.8 Å². The Balaban J connectivity index is 1.80. The van der Waals surface area contributed by atoms with Gasteiger partial charge in [0.25, 0.3) is 0 Å². The SMILES string of the molecule is CCCS(=O)(=O)Nc1cccc(-c2nc(C3CCOCC3)sc2-c2ccnc(NC(C)CO)n2)c1F. The highest BCUT2D eigenvalue weighted by molar-refractivity contribution is 7.92. The maximum atomic E-state index is 15.7. The van der Waals surface area contributed by atoms with Gasteiger partial charge in [-0.3, -0.25) is 4.72 Å². The summed E-state index contributed by atoms with van der Waals surface area (Å²) < 4.78 is 48.2. The average molecular weight is 536 g/mol. The van der Waals surface area contributed by atoms with Crippen LogP contribution >= 0.6 is 11.3 Å². The molecular weight excluding hydrogens is 505 g/mol. The van der Waals surface area contributed by atoms with E-state index in [1.54, 1.807) is 38.2 Å². The van der Waals surface area contributed by atoms with Crippen molar-refractivity contribution in [3.8, 4) is 21.8 Å². The zero-order valence-electron chi connectivity index (χ0n) is 20.2. The third-order valence-corrected chi connectivity index (χ3v) is 8.46. The van der Waals surface area contributed by atoms with Crippen LogP contribution < -0.4 is 10.0 Å². The van der Waals surface area contributed by atoms with Gasteiger partial charge in [-0.15, -0.1) is 11.3 Å². The lowest BCUT2D eigenvalue weighted by Crippen LogP contribution is -2.20. The summed E-state index contributed by atoms with van der Waals surface area (Å²) in [6, 6.07) is 6.08. The number of hydrogen-bond acceptors (Lipinski definition) is 9. The van der Waals surface area contributed by atoms with Gasteiger partial charge in [0.05, 0.1) is 39.3 Å². The predicted octanol–water partition coefficient (Wildman–Crippen LogP) is 4.24. The summed E-state index contributed by atoms with van der Waals surface area (Å²) in [6.07, 6.45) is 3.64. The predicted molar refractivity (Wildman–Crippen MR) is 139 cm³/mol. The van der Waals surface area contributed by atoms with E-state index in [4.69, 9.17) is 9.72 Å². The van der Waals surface area contributed by atoms with Gasteiger partial charge in [-0.25, -0.2) is 27.8 Å². The van der Waals surface area contributed by atoms with Crippen LogP contribution in [-0.4, -0.2) is 60.1 Å². The molecule has 1 unspecified atom stereocenters. The quantitative estimate of drug-likeness (QED) is 0.352. The number of thiazole rings is 1. The molecule has 9 nitrogen and oxygen atoms in total. The number of nitrogens with one attached hydrogen (secondary N) is 2. The molecule has 1 aliphatic heterocycles. The molecule has 0 saturated carbocycles. The summed E-state index contributed by atoms with van der Waals surface area (Å²) in [5.74, 6) is -0.277. The summed E-state index contributed by atoms with van der Waals surface area (Å²) in [5, 5.41) is 13.3. The molecule has 2 aromatic heterocycles. The minimum atomic E-state index is -3.67. The molecule has 3 aromatic rings. The van der Waals surface area contributed by atoms with Gasteiger partial charge < -0.3 is 15.2 Å². The van der Waals surface area contributed by atoms with Gasteiger partial charge in [-0.05, 0) is 44.4 Å². The zero-order valence-corrected chi connectivity index (χ0v) is 21.8. The van der Waals surface area contributed by atoms with Crippen molar-refractivity contribution in [1.82, 2.24) is 15.0 Å². The molecule has 0 aliphatic carbocycles. The normalized spacial score (nSPS) is 15.6. The van der Waals surface area contributed by atoms with Crippen LogP contribution in [0.2, 0.25) is 0 Å². The Labute approximate surface area is 214 Å². The van der Waals surface area contributed by atoms with Gasteiger partial charge in [0.15, 0.2) is 5.82 Å². The summed E-state index contributed by atoms with van der Waals surface area (Å²) in [5.41, 5.74) is 1.03. The van der Waals surface area contributed by atoms with Crippen molar-refractivity contribution in [3.05, 3.63) is 41.3 Å². The monoisotopic (exact) mass is 535 g/mol. The minimum Gasteiger partial charge on any atom is -0.394 e. The van der Waals surface area contributed by atoms with E-state index in [1.807, 2.05) is 0 Å². The van der Waals surface area contributed by atoms with E-state index in [1.165, 1.54) is 17.4 Å². The molecule has 12 heteroatoms. The molecule has 4 rings (SSSR count). The number of aliphatic hydroxyl groups is 1. The first-order chi connectivity index (χ1) is 17.3. The fourth-order valence-corrected chi connectivity index (χ4v) is 6.26. The molecule has 1 fully saturated rings.